The van der Waals surface area contributed by atoms with Gasteiger partial charge >= 0.3 is 0 Å². The molecule has 2 fully saturated rings. The first-order valence-corrected chi connectivity index (χ1v) is 8.48. The molecule has 1 atom stereocenters. The van der Waals surface area contributed by atoms with Crippen LogP contribution in [0, 0.1) is 0 Å². The molecule has 1 saturated carbocycles. The number of hydrogen-bond donors (Lipinski definition) is 1. The Balaban J connectivity index is 1.58. The number of aromatic nitrogens is 1. The van der Waals surface area contributed by atoms with Crippen LogP contribution in [0.25, 0.3) is 0 Å². The molecule has 2 heterocycles. The molecular weight excluding hydrogens is 278 g/mol. The SMILES string of the molecule is CC1CCCCN1CC(C)(C)NC(=O)c1cc(C2CC2)on1. The van der Waals surface area contributed by atoms with Crippen molar-refractivity contribution in [1.29, 1.82) is 0 Å². The summed E-state index contributed by atoms with van der Waals surface area (Å²) in [4.78, 5) is 14.9. The highest BCUT2D eigenvalue weighted by molar-refractivity contribution is 5.92. The monoisotopic (exact) mass is 305 g/mol. The van der Waals surface area contributed by atoms with E-state index in [4.69, 9.17) is 4.52 Å². The van der Waals surface area contributed by atoms with Gasteiger partial charge in [0.25, 0.3) is 5.91 Å². The lowest BCUT2D eigenvalue weighted by Gasteiger charge is -2.39. The number of amides is 1. The number of carbonyl (C=O) groups is 1. The van der Waals surface area contributed by atoms with Crippen molar-refractivity contribution in [2.45, 2.75) is 70.4 Å². The fourth-order valence-corrected chi connectivity index (χ4v) is 3.27. The van der Waals surface area contributed by atoms with E-state index in [1.54, 1.807) is 6.07 Å². The third-order valence-corrected chi connectivity index (χ3v) is 4.73. The molecule has 1 N–H and O–H groups in total. The third kappa shape index (κ3) is 3.69. The Labute approximate surface area is 132 Å². The van der Waals surface area contributed by atoms with Crippen molar-refractivity contribution >= 4 is 5.91 Å². The van der Waals surface area contributed by atoms with Gasteiger partial charge in [-0.25, -0.2) is 0 Å². The van der Waals surface area contributed by atoms with Gasteiger partial charge in [0, 0.05) is 30.1 Å². The maximum absolute atomic E-state index is 12.4. The molecule has 1 saturated heterocycles. The fraction of sp³-hybridized carbons (Fsp3) is 0.765. The van der Waals surface area contributed by atoms with Crippen LogP contribution in [-0.2, 0) is 0 Å². The van der Waals surface area contributed by atoms with E-state index in [2.05, 4.69) is 36.1 Å². The number of carbonyl (C=O) groups excluding carboxylic acids is 1. The summed E-state index contributed by atoms with van der Waals surface area (Å²) >= 11 is 0. The topological polar surface area (TPSA) is 58.4 Å². The highest BCUT2D eigenvalue weighted by Gasteiger charge is 2.31. The number of nitrogens with one attached hydrogen (secondary N) is 1. The van der Waals surface area contributed by atoms with E-state index in [1.165, 1.54) is 19.3 Å². The quantitative estimate of drug-likeness (QED) is 0.908. The molecule has 5 nitrogen and oxygen atoms in total. The molecule has 0 aromatic carbocycles. The Kier molecular flexibility index (Phi) is 4.26. The van der Waals surface area contributed by atoms with Crippen molar-refractivity contribution in [2.24, 2.45) is 0 Å². The van der Waals surface area contributed by atoms with Crippen molar-refractivity contribution in [3.8, 4) is 0 Å². The lowest BCUT2D eigenvalue weighted by Crippen LogP contribution is -2.54. The average Bonchev–Trinajstić information content (AvgIpc) is 3.18. The zero-order valence-corrected chi connectivity index (χ0v) is 13.9. The van der Waals surface area contributed by atoms with E-state index in [0.717, 1.165) is 31.7 Å². The summed E-state index contributed by atoms with van der Waals surface area (Å²) in [5, 5.41) is 7.03. The van der Waals surface area contributed by atoms with Crippen molar-refractivity contribution in [3.05, 3.63) is 17.5 Å². The van der Waals surface area contributed by atoms with Gasteiger partial charge in [-0.3, -0.25) is 9.69 Å². The van der Waals surface area contributed by atoms with Gasteiger partial charge in [-0.05, 0) is 53.0 Å². The minimum atomic E-state index is -0.276. The molecule has 1 unspecified atom stereocenters. The number of likely N-dealkylation sites (tertiary alicyclic amines) is 1. The first kappa shape index (κ1) is 15.5. The summed E-state index contributed by atoms with van der Waals surface area (Å²) in [6.07, 6.45) is 6.11. The Morgan fingerprint density at radius 1 is 1.41 bits per heavy atom. The summed E-state index contributed by atoms with van der Waals surface area (Å²) < 4.78 is 5.27. The molecule has 1 aromatic rings. The molecule has 1 aliphatic carbocycles. The van der Waals surface area contributed by atoms with Gasteiger partial charge in [0.1, 0.15) is 5.76 Å². The largest absolute Gasteiger partial charge is 0.360 e. The molecule has 122 valence electrons. The van der Waals surface area contributed by atoms with E-state index >= 15 is 0 Å². The van der Waals surface area contributed by atoms with E-state index in [0.29, 0.717) is 17.7 Å². The molecular formula is C17H27N3O2. The van der Waals surface area contributed by atoms with Crippen LogP contribution in [0.5, 0.6) is 0 Å². The van der Waals surface area contributed by atoms with Crippen LogP contribution < -0.4 is 5.32 Å². The van der Waals surface area contributed by atoms with E-state index in [1.807, 2.05) is 0 Å². The first-order chi connectivity index (χ1) is 10.4. The van der Waals surface area contributed by atoms with Gasteiger partial charge in [-0.15, -0.1) is 0 Å². The second-order valence-corrected chi connectivity index (χ2v) is 7.54. The molecule has 22 heavy (non-hydrogen) atoms. The van der Waals surface area contributed by atoms with Gasteiger partial charge < -0.3 is 9.84 Å². The highest BCUT2D eigenvalue weighted by Crippen LogP contribution is 2.40. The zero-order chi connectivity index (χ0) is 15.7. The van der Waals surface area contributed by atoms with Gasteiger partial charge in [0.15, 0.2) is 5.69 Å². The fourth-order valence-electron chi connectivity index (χ4n) is 3.27. The van der Waals surface area contributed by atoms with Crippen LogP contribution in [-0.4, -0.2) is 40.6 Å². The van der Waals surface area contributed by atoms with Gasteiger partial charge in [0.05, 0.1) is 0 Å². The van der Waals surface area contributed by atoms with Gasteiger partial charge in [0.2, 0.25) is 0 Å². The second kappa shape index (κ2) is 6.03. The molecule has 0 radical (unpaired) electrons. The molecule has 5 heteroatoms. The van der Waals surface area contributed by atoms with Crippen LogP contribution in [0.3, 0.4) is 0 Å². The van der Waals surface area contributed by atoms with Crippen LogP contribution in [0.4, 0.5) is 0 Å². The molecule has 3 rings (SSSR count). The van der Waals surface area contributed by atoms with Crippen LogP contribution >= 0.6 is 0 Å². The van der Waals surface area contributed by atoms with E-state index < -0.39 is 0 Å². The molecule has 2 aliphatic rings. The Morgan fingerprint density at radius 2 is 2.18 bits per heavy atom. The Morgan fingerprint density at radius 3 is 2.86 bits per heavy atom. The maximum atomic E-state index is 12.4. The Hall–Kier alpha value is -1.36. The second-order valence-electron chi connectivity index (χ2n) is 7.54. The summed E-state index contributed by atoms with van der Waals surface area (Å²) in [6, 6.07) is 2.39. The smallest absolute Gasteiger partial charge is 0.273 e. The molecule has 0 spiro atoms. The third-order valence-electron chi connectivity index (χ3n) is 4.73. The summed E-state index contributed by atoms with van der Waals surface area (Å²) in [5.74, 6) is 1.20. The van der Waals surface area contributed by atoms with Gasteiger partial charge in [-0.2, -0.15) is 0 Å². The predicted octanol–water partition coefficient (Wildman–Crippen LogP) is 2.93. The van der Waals surface area contributed by atoms with E-state index in [9.17, 15) is 4.79 Å². The van der Waals surface area contributed by atoms with Crippen molar-refractivity contribution in [3.63, 3.8) is 0 Å². The van der Waals surface area contributed by atoms with Crippen LogP contribution in [0.1, 0.15) is 75.0 Å². The first-order valence-electron chi connectivity index (χ1n) is 8.48. The molecule has 1 aromatic heterocycles. The average molecular weight is 305 g/mol. The minimum Gasteiger partial charge on any atom is -0.360 e. The lowest BCUT2D eigenvalue weighted by atomic mass is 9.98. The van der Waals surface area contributed by atoms with Gasteiger partial charge in [-0.1, -0.05) is 11.6 Å². The Bertz CT molecular complexity index is 534. The lowest BCUT2D eigenvalue weighted by molar-refractivity contribution is 0.0826. The number of nitrogens with zero attached hydrogens (tertiary/aromatic N) is 2. The number of rotatable bonds is 5. The summed E-state index contributed by atoms with van der Waals surface area (Å²) in [7, 11) is 0. The predicted molar refractivity (Wildman–Crippen MR) is 84.9 cm³/mol. The minimum absolute atomic E-state index is 0.134. The number of hydrogen-bond acceptors (Lipinski definition) is 4. The van der Waals surface area contributed by atoms with Crippen LogP contribution in [0.2, 0.25) is 0 Å². The van der Waals surface area contributed by atoms with Crippen molar-refractivity contribution < 1.29 is 9.32 Å². The molecule has 1 aliphatic heterocycles. The van der Waals surface area contributed by atoms with E-state index in [-0.39, 0.29) is 11.4 Å². The van der Waals surface area contributed by atoms with Crippen LogP contribution in [0.15, 0.2) is 10.6 Å². The van der Waals surface area contributed by atoms with Crippen molar-refractivity contribution in [1.82, 2.24) is 15.4 Å². The van der Waals surface area contributed by atoms with Crippen molar-refractivity contribution in [2.75, 3.05) is 13.1 Å². The molecule has 1 amide bonds. The standard InChI is InChI=1S/C17H27N3O2/c1-12-6-4-5-9-20(12)11-17(2,3)18-16(21)14-10-15(22-19-14)13-7-8-13/h10,12-13H,4-9,11H2,1-3H3,(H,18,21). The summed E-state index contributed by atoms with van der Waals surface area (Å²) in [6.45, 7) is 8.42. The normalized spacial score (nSPS) is 23.5. The number of piperidine rings is 1. The summed E-state index contributed by atoms with van der Waals surface area (Å²) in [5.41, 5.74) is 0.128. The highest BCUT2D eigenvalue weighted by atomic mass is 16.5. The maximum Gasteiger partial charge on any atom is 0.273 e. The molecule has 0 bridgehead atoms. The zero-order valence-electron chi connectivity index (χ0n) is 13.9.